The third-order valence-electron chi connectivity index (χ3n) is 4.07. The van der Waals surface area contributed by atoms with Crippen molar-refractivity contribution in [1.29, 1.82) is 5.26 Å². The highest BCUT2D eigenvalue weighted by Gasteiger charge is 2.11. The molecule has 0 radical (unpaired) electrons. The molecule has 0 spiro atoms. The van der Waals surface area contributed by atoms with E-state index in [9.17, 15) is 4.79 Å². The maximum absolute atomic E-state index is 12.3. The zero-order valence-electron chi connectivity index (χ0n) is 15.3. The summed E-state index contributed by atoms with van der Waals surface area (Å²) in [7, 11) is 1.65. The molecule has 28 heavy (non-hydrogen) atoms. The summed E-state index contributed by atoms with van der Waals surface area (Å²) in [5.41, 5.74) is 2.09. The molecule has 140 valence electrons. The Morgan fingerprint density at radius 1 is 1.11 bits per heavy atom. The molecule has 0 unspecified atom stereocenters. The summed E-state index contributed by atoms with van der Waals surface area (Å²) in [4.78, 5) is 20.7. The number of carbonyl (C=O) groups excluding carboxylic acids is 1. The first-order valence-corrected chi connectivity index (χ1v) is 8.69. The maximum Gasteiger partial charge on any atom is 0.275 e. The van der Waals surface area contributed by atoms with Crippen molar-refractivity contribution in [2.24, 2.45) is 0 Å². The van der Waals surface area contributed by atoms with Crippen molar-refractivity contribution in [3.63, 3.8) is 0 Å². The minimum Gasteiger partial charge on any atom is -0.496 e. The number of rotatable bonds is 7. The molecule has 7 heteroatoms. The Labute approximate surface area is 163 Å². The van der Waals surface area contributed by atoms with Crippen LogP contribution in [0.25, 0.3) is 0 Å². The number of nitrogens with zero attached hydrogens (tertiary/aromatic N) is 3. The first-order valence-electron chi connectivity index (χ1n) is 8.69. The number of amides is 1. The highest BCUT2D eigenvalue weighted by atomic mass is 16.5. The third kappa shape index (κ3) is 4.62. The van der Waals surface area contributed by atoms with Crippen LogP contribution in [0, 0.1) is 11.3 Å². The molecule has 0 saturated carbocycles. The molecule has 1 aromatic heterocycles. The molecule has 1 heterocycles. The first kappa shape index (κ1) is 18.9. The van der Waals surface area contributed by atoms with Crippen molar-refractivity contribution in [3.05, 3.63) is 77.7 Å². The number of carbonyl (C=O) groups is 1. The van der Waals surface area contributed by atoms with Crippen LogP contribution >= 0.6 is 0 Å². The van der Waals surface area contributed by atoms with Gasteiger partial charge in [-0.05, 0) is 30.2 Å². The van der Waals surface area contributed by atoms with Crippen LogP contribution in [0.1, 0.15) is 21.6 Å². The van der Waals surface area contributed by atoms with Gasteiger partial charge in [0.25, 0.3) is 5.91 Å². The number of hydrogen-bond acceptors (Lipinski definition) is 6. The Balaban J connectivity index is 1.57. The van der Waals surface area contributed by atoms with E-state index < -0.39 is 5.91 Å². The number of benzene rings is 2. The zero-order valence-corrected chi connectivity index (χ0v) is 15.3. The molecular weight excluding hydrogens is 354 g/mol. The fourth-order valence-corrected chi connectivity index (χ4v) is 2.65. The Morgan fingerprint density at radius 3 is 2.64 bits per heavy atom. The minimum atomic E-state index is -0.421. The molecule has 0 saturated heterocycles. The number of hydrogen-bond donors (Lipinski definition) is 2. The lowest BCUT2D eigenvalue weighted by atomic mass is 10.1. The average molecular weight is 373 g/mol. The van der Waals surface area contributed by atoms with Crippen LogP contribution in [-0.2, 0) is 6.42 Å². The van der Waals surface area contributed by atoms with Crippen molar-refractivity contribution >= 4 is 17.4 Å². The standard InChI is InChI=1S/C21H19N5O2/c1-28-19-9-5-3-6-15(19)10-11-23-20-14-24-18(13-25-20)21(27)26-17-8-4-2-7-16(17)12-22/h2-9,13-14H,10-11H2,1H3,(H,23,25)(H,26,27). The summed E-state index contributed by atoms with van der Waals surface area (Å²) in [6, 6.07) is 16.7. The highest BCUT2D eigenvalue weighted by Crippen LogP contribution is 2.18. The average Bonchev–Trinajstić information content (AvgIpc) is 2.75. The van der Waals surface area contributed by atoms with Crippen molar-refractivity contribution in [2.75, 3.05) is 24.3 Å². The second kappa shape index (κ2) is 9.14. The van der Waals surface area contributed by atoms with Crippen molar-refractivity contribution < 1.29 is 9.53 Å². The minimum absolute atomic E-state index is 0.169. The van der Waals surface area contributed by atoms with Gasteiger partial charge in [0.2, 0.25) is 0 Å². The number of nitriles is 1. The van der Waals surface area contributed by atoms with E-state index in [-0.39, 0.29) is 5.69 Å². The van der Waals surface area contributed by atoms with Crippen LogP contribution in [0.5, 0.6) is 5.75 Å². The SMILES string of the molecule is COc1ccccc1CCNc1cnc(C(=O)Nc2ccccc2C#N)cn1. The molecule has 2 aromatic carbocycles. The largest absolute Gasteiger partial charge is 0.496 e. The van der Waals surface area contributed by atoms with Crippen LogP contribution in [-0.4, -0.2) is 29.5 Å². The molecule has 0 aliphatic heterocycles. The Morgan fingerprint density at radius 2 is 1.89 bits per heavy atom. The number of methoxy groups -OCH3 is 1. The maximum atomic E-state index is 12.3. The molecule has 0 aliphatic carbocycles. The second-order valence-electron chi connectivity index (χ2n) is 5.89. The fourth-order valence-electron chi connectivity index (χ4n) is 2.65. The highest BCUT2D eigenvalue weighted by molar-refractivity contribution is 6.03. The Kier molecular flexibility index (Phi) is 6.16. The normalized spacial score (nSPS) is 10.0. The van der Waals surface area contributed by atoms with Gasteiger partial charge >= 0.3 is 0 Å². The topological polar surface area (TPSA) is 99.9 Å². The van der Waals surface area contributed by atoms with Crippen LogP contribution in [0.3, 0.4) is 0 Å². The van der Waals surface area contributed by atoms with E-state index in [0.29, 0.717) is 23.6 Å². The molecule has 3 aromatic rings. The number of anilines is 2. The van der Waals surface area contributed by atoms with Gasteiger partial charge in [0.15, 0.2) is 0 Å². The van der Waals surface area contributed by atoms with Crippen LogP contribution in [0.2, 0.25) is 0 Å². The summed E-state index contributed by atoms with van der Waals surface area (Å²) in [5.74, 6) is 1.000. The molecule has 7 nitrogen and oxygen atoms in total. The summed E-state index contributed by atoms with van der Waals surface area (Å²) < 4.78 is 5.34. The first-order chi connectivity index (χ1) is 13.7. The quantitative estimate of drug-likeness (QED) is 0.659. The van der Waals surface area contributed by atoms with E-state index in [1.165, 1.54) is 12.4 Å². The van der Waals surface area contributed by atoms with Crippen molar-refractivity contribution in [2.45, 2.75) is 6.42 Å². The molecule has 2 N–H and O–H groups in total. The van der Waals surface area contributed by atoms with Gasteiger partial charge in [-0.25, -0.2) is 9.97 Å². The predicted octanol–water partition coefficient (Wildman–Crippen LogP) is 3.26. The molecular formula is C21H19N5O2. The van der Waals surface area contributed by atoms with E-state index in [0.717, 1.165) is 17.7 Å². The zero-order chi connectivity index (χ0) is 19.8. The molecule has 0 aliphatic rings. The molecule has 3 rings (SSSR count). The predicted molar refractivity (Wildman–Crippen MR) is 106 cm³/mol. The Bertz CT molecular complexity index is 996. The smallest absolute Gasteiger partial charge is 0.275 e. The van der Waals surface area contributed by atoms with E-state index in [1.807, 2.05) is 30.3 Å². The van der Waals surface area contributed by atoms with Gasteiger partial charge in [0, 0.05) is 6.54 Å². The van der Waals surface area contributed by atoms with E-state index >= 15 is 0 Å². The second-order valence-corrected chi connectivity index (χ2v) is 5.89. The number of ether oxygens (including phenoxy) is 1. The van der Waals surface area contributed by atoms with Gasteiger partial charge in [-0.2, -0.15) is 5.26 Å². The van der Waals surface area contributed by atoms with E-state index in [4.69, 9.17) is 10.00 Å². The molecule has 0 atom stereocenters. The van der Waals surface area contributed by atoms with Gasteiger partial charge in [0.1, 0.15) is 23.3 Å². The van der Waals surface area contributed by atoms with E-state index in [2.05, 4.69) is 20.6 Å². The van der Waals surface area contributed by atoms with Crippen LogP contribution < -0.4 is 15.4 Å². The number of aromatic nitrogens is 2. The lowest BCUT2D eigenvalue weighted by Gasteiger charge is -2.10. The fraction of sp³-hybridized carbons (Fsp3) is 0.143. The number of para-hydroxylation sites is 2. The van der Waals surface area contributed by atoms with Gasteiger partial charge in [-0.1, -0.05) is 30.3 Å². The third-order valence-corrected chi connectivity index (χ3v) is 4.07. The summed E-state index contributed by atoms with van der Waals surface area (Å²) in [6.45, 7) is 0.649. The van der Waals surface area contributed by atoms with Crippen LogP contribution in [0.15, 0.2) is 60.9 Å². The number of nitrogens with one attached hydrogen (secondary N) is 2. The van der Waals surface area contributed by atoms with Gasteiger partial charge in [-0.15, -0.1) is 0 Å². The van der Waals surface area contributed by atoms with Crippen molar-refractivity contribution in [3.8, 4) is 11.8 Å². The van der Waals surface area contributed by atoms with Crippen LogP contribution in [0.4, 0.5) is 11.5 Å². The molecule has 0 bridgehead atoms. The molecule has 1 amide bonds. The summed E-state index contributed by atoms with van der Waals surface area (Å²) >= 11 is 0. The monoisotopic (exact) mass is 373 g/mol. The summed E-state index contributed by atoms with van der Waals surface area (Å²) in [5, 5.41) is 14.9. The van der Waals surface area contributed by atoms with Gasteiger partial charge in [-0.3, -0.25) is 4.79 Å². The van der Waals surface area contributed by atoms with Gasteiger partial charge < -0.3 is 15.4 Å². The lowest BCUT2D eigenvalue weighted by molar-refractivity contribution is 0.102. The van der Waals surface area contributed by atoms with Gasteiger partial charge in [0.05, 0.1) is 30.8 Å². The summed E-state index contributed by atoms with van der Waals surface area (Å²) in [6.07, 6.45) is 3.67. The van der Waals surface area contributed by atoms with Crippen molar-refractivity contribution in [1.82, 2.24) is 9.97 Å². The lowest BCUT2D eigenvalue weighted by Crippen LogP contribution is -2.15. The molecule has 0 fully saturated rings. The Hall–Kier alpha value is -3.92. The van der Waals surface area contributed by atoms with E-state index in [1.54, 1.807) is 31.4 Å².